The van der Waals surface area contributed by atoms with E-state index >= 15 is 0 Å². The fraction of sp³-hybridized carbons (Fsp3) is 0.769. The van der Waals surface area contributed by atoms with Gasteiger partial charge in [0, 0.05) is 34.8 Å². The minimum Gasteiger partial charge on any atom is -0.349 e. The minimum absolute atomic E-state index is 0.0168. The molecule has 0 radical (unpaired) electrons. The normalized spacial score (nSPS) is 27.8. The van der Waals surface area contributed by atoms with Gasteiger partial charge in [0.1, 0.15) is 0 Å². The Labute approximate surface area is 274 Å². The van der Waals surface area contributed by atoms with Crippen LogP contribution in [-0.2, 0) is 9.59 Å². The van der Waals surface area contributed by atoms with E-state index in [1.165, 1.54) is 19.3 Å². The summed E-state index contributed by atoms with van der Waals surface area (Å²) in [7, 11) is 0. The maximum atomic E-state index is 13.6. The molecule has 1 aromatic rings. The molecule has 3 aliphatic rings. The summed E-state index contributed by atoms with van der Waals surface area (Å²) in [4.78, 5) is 40.4. The van der Waals surface area contributed by atoms with Crippen LogP contribution in [0.25, 0.3) is 0 Å². The lowest BCUT2D eigenvalue weighted by molar-refractivity contribution is -0.122. The largest absolute Gasteiger partial charge is 0.349 e. The Morgan fingerprint density at radius 1 is 0.644 bits per heavy atom. The number of hydrogen-bond donors (Lipinski definition) is 3. The predicted octanol–water partition coefficient (Wildman–Crippen LogP) is 9.75. The number of benzene rings is 1. The van der Waals surface area contributed by atoms with Crippen LogP contribution in [0.2, 0.25) is 0 Å². The van der Waals surface area contributed by atoms with E-state index in [0.29, 0.717) is 28.8 Å². The molecule has 3 aliphatic carbocycles. The molecule has 3 amide bonds. The third-order valence-corrected chi connectivity index (χ3v) is 11.5. The molecule has 3 fully saturated rings. The van der Waals surface area contributed by atoms with Crippen LogP contribution in [0.3, 0.4) is 0 Å². The molecule has 0 aromatic heterocycles. The Balaban J connectivity index is 1.44. The second-order valence-corrected chi connectivity index (χ2v) is 16.9. The molecule has 4 rings (SSSR count). The lowest BCUT2D eigenvalue weighted by Gasteiger charge is -2.36. The van der Waals surface area contributed by atoms with Gasteiger partial charge < -0.3 is 16.0 Å². The summed E-state index contributed by atoms with van der Waals surface area (Å²) >= 11 is 0. The molecule has 0 aliphatic heterocycles. The molecule has 0 bridgehead atoms. The van der Waals surface area contributed by atoms with Gasteiger partial charge in [0.25, 0.3) is 5.91 Å². The van der Waals surface area contributed by atoms with Crippen LogP contribution in [0.15, 0.2) is 18.2 Å². The second-order valence-electron chi connectivity index (χ2n) is 16.9. The third-order valence-electron chi connectivity index (χ3n) is 11.5. The molecule has 0 heterocycles. The van der Waals surface area contributed by atoms with Crippen molar-refractivity contribution >= 4 is 29.1 Å². The molecular weight excluding hydrogens is 558 g/mol. The van der Waals surface area contributed by atoms with Crippen LogP contribution in [0.5, 0.6) is 0 Å². The van der Waals surface area contributed by atoms with Gasteiger partial charge in [0.05, 0.1) is 0 Å². The van der Waals surface area contributed by atoms with Crippen LogP contribution in [0, 0.1) is 40.4 Å². The van der Waals surface area contributed by atoms with Crippen molar-refractivity contribution in [1.82, 2.24) is 5.32 Å². The zero-order valence-electron chi connectivity index (χ0n) is 29.5. The van der Waals surface area contributed by atoms with E-state index in [1.807, 2.05) is 6.07 Å². The van der Waals surface area contributed by atoms with E-state index in [4.69, 9.17) is 0 Å². The van der Waals surface area contributed by atoms with Gasteiger partial charge in [0.2, 0.25) is 11.8 Å². The van der Waals surface area contributed by atoms with Gasteiger partial charge in [-0.05, 0) is 124 Å². The number of nitrogens with one attached hydrogen (secondary N) is 3. The number of rotatable bonds is 9. The Morgan fingerprint density at radius 2 is 1.09 bits per heavy atom. The fourth-order valence-corrected chi connectivity index (χ4v) is 8.19. The standard InChI is InChI=1S/C39H63N3O3/c1-8-9-10-26-11-21-32(22-12-26)40-37(45)29-23-33(41-35(43)27-13-17-30(18-14-27)38(2,3)4)25-34(24-29)42-36(44)28-15-19-31(20-16-28)39(5,6)7/h23-28,30-32H,8-22H2,1-7H3,(H,40,45)(H,41,43)(H,42,44)/t26-,27-,28-,30+,31+,32+. The first-order valence-electron chi connectivity index (χ1n) is 18.3. The average molecular weight is 622 g/mol. The van der Waals surface area contributed by atoms with E-state index in [1.54, 1.807) is 12.1 Å². The van der Waals surface area contributed by atoms with Crippen LogP contribution in [-0.4, -0.2) is 23.8 Å². The number of carbonyl (C=O) groups is 3. The van der Waals surface area contributed by atoms with E-state index < -0.39 is 0 Å². The van der Waals surface area contributed by atoms with Gasteiger partial charge >= 0.3 is 0 Å². The minimum atomic E-state index is -0.130. The summed E-state index contributed by atoms with van der Waals surface area (Å²) in [6.07, 6.45) is 15.9. The average Bonchev–Trinajstić information content (AvgIpc) is 3.00. The molecule has 3 N–H and O–H groups in total. The lowest BCUT2D eigenvalue weighted by atomic mass is 9.69. The first kappa shape index (κ1) is 35.5. The van der Waals surface area contributed by atoms with Crippen LogP contribution < -0.4 is 16.0 Å². The maximum Gasteiger partial charge on any atom is 0.251 e. The maximum absolute atomic E-state index is 13.6. The Morgan fingerprint density at radius 3 is 1.49 bits per heavy atom. The number of unbranched alkanes of at least 4 members (excludes halogenated alkanes) is 1. The van der Waals surface area contributed by atoms with Crippen molar-refractivity contribution in [2.45, 2.75) is 151 Å². The fourth-order valence-electron chi connectivity index (χ4n) is 8.19. The molecule has 45 heavy (non-hydrogen) atoms. The van der Waals surface area contributed by atoms with Crippen molar-refractivity contribution in [3.8, 4) is 0 Å². The van der Waals surface area contributed by atoms with Gasteiger partial charge in [-0.15, -0.1) is 0 Å². The molecule has 0 spiro atoms. The first-order chi connectivity index (χ1) is 21.2. The lowest BCUT2D eigenvalue weighted by Crippen LogP contribution is -2.37. The smallest absolute Gasteiger partial charge is 0.251 e. The summed E-state index contributed by atoms with van der Waals surface area (Å²) in [5.74, 6) is 1.89. The van der Waals surface area contributed by atoms with Crippen molar-refractivity contribution in [3.05, 3.63) is 23.8 Å². The molecule has 0 atom stereocenters. The molecule has 3 saturated carbocycles. The topological polar surface area (TPSA) is 87.3 Å². The van der Waals surface area contributed by atoms with Crippen LogP contribution in [0.1, 0.15) is 155 Å². The molecule has 0 unspecified atom stereocenters. The number of anilines is 2. The Hall–Kier alpha value is -2.37. The highest BCUT2D eigenvalue weighted by molar-refractivity contribution is 6.01. The van der Waals surface area contributed by atoms with Crippen molar-refractivity contribution in [1.29, 1.82) is 0 Å². The highest BCUT2D eigenvalue weighted by atomic mass is 16.2. The number of amides is 3. The van der Waals surface area contributed by atoms with Gasteiger partial charge in [-0.3, -0.25) is 14.4 Å². The van der Waals surface area contributed by atoms with Gasteiger partial charge in [-0.1, -0.05) is 67.7 Å². The van der Waals surface area contributed by atoms with E-state index in [-0.39, 0.29) is 46.4 Å². The van der Waals surface area contributed by atoms with Crippen molar-refractivity contribution in [2.24, 2.45) is 40.4 Å². The van der Waals surface area contributed by atoms with Crippen molar-refractivity contribution in [3.63, 3.8) is 0 Å². The van der Waals surface area contributed by atoms with Crippen LogP contribution in [0.4, 0.5) is 11.4 Å². The Kier molecular flexibility index (Phi) is 12.2. The second kappa shape index (κ2) is 15.5. The number of carbonyl (C=O) groups excluding carboxylic acids is 3. The van der Waals surface area contributed by atoms with Crippen molar-refractivity contribution in [2.75, 3.05) is 10.6 Å². The molecule has 252 valence electrons. The molecule has 0 saturated heterocycles. The molecule has 6 heteroatoms. The summed E-state index contributed by atoms with van der Waals surface area (Å²) in [6.45, 7) is 16.0. The van der Waals surface area contributed by atoms with Gasteiger partial charge in [-0.2, -0.15) is 0 Å². The van der Waals surface area contributed by atoms with E-state index in [2.05, 4.69) is 64.4 Å². The summed E-state index contributed by atoms with van der Waals surface area (Å²) in [5, 5.41) is 9.54. The highest BCUT2D eigenvalue weighted by Gasteiger charge is 2.34. The Bertz CT molecular complexity index is 1070. The molecular formula is C39H63N3O3. The van der Waals surface area contributed by atoms with E-state index in [9.17, 15) is 14.4 Å². The van der Waals surface area contributed by atoms with Crippen LogP contribution >= 0.6 is 0 Å². The zero-order valence-corrected chi connectivity index (χ0v) is 29.5. The molecule has 1 aromatic carbocycles. The summed E-state index contributed by atoms with van der Waals surface area (Å²) in [6, 6.07) is 5.56. The SMILES string of the molecule is CCCC[C@H]1CC[C@@H](NC(=O)c2cc(NC(=O)[C@H]3CC[C@@H](C(C)(C)C)CC3)cc(NC(=O)[C@H]3CC[C@@H](C(C)(C)C)CC3)c2)CC1. The van der Waals surface area contributed by atoms with Crippen molar-refractivity contribution < 1.29 is 14.4 Å². The van der Waals surface area contributed by atoms with Gasteiger partial charge in [0.15, 0.2) is 0 Å². The monoisotopic (exact) mass is 621 g/mol. The quantitative estimate of drug-likeness (QED) is 0.256. The zero-order chi connectivity index (χ0) is 32.8. The first-order valence-corrected chi connectivity index (χ1v) is 18.3. The summed E-state index contributed by atoms with van der Waals surface area (Å²) in [5.41, 5.74) is 2.18. The highest BCUT2D eigenvalue weighted by Crippen LogP contribution is 2.41. The van der Waals surface area contributed by atoms with E-state index in [0.717, 1.165) is 83.0 Å². The third kappa shape index (κ3) is 10.3. The predicted molar refractivity (Wildman–Crippen MR) is 186 cm³/mol. The number of hydrogen-bond acceptors (Lipinski definition) is 3. The van der Waals surface area contributed by atoms with Gasteiger partial charge in [-0.25, -0.2) is 0 Å². The summed E-state index contributed by atoms with van der Waals surface area (Å²) < 4.78 is 0. The molecule has 6 nitrogen and oxygen atoms in total.